The van der Waals surface area contributed by atoms with Crippen molar-refractivity contribution in [2.75, 3.05) is 44.8 Å². The lowest BCUT2D eigenvalue weighted by Gasteiger charge is -2.37. The topological polar surface area (TPSA) is 83.3 Å². The molecule has 0 N–H and O–H groups in total. The predicted octanol–water partition coefficient (Wildman–Crippen LogP) is 0.917. The molecule has 2 aliphatic heterocycles. The van der Waals surface area contributed by atoms with Gasteiger partial charge in [-0.2, -0.15) is 9.61 Å². The molecular formula is C18H24N6O3. The Kier molecular flexibility index (Phi) is 4.69. The fourth-order valence-corrected chi connectivity index (χ4v) is 3.90. The van der Waals surface area contributed by atoms with Gasteiger partial charge in [-0.1, -0.05) is 0 Å². The Morgan fingerprint density at radius 1 is 1.26 bits per heavy atom. The number of urea groups is 1. The van der Waals surface area contributed by atoms with E-state index in [0.29, 0.717) is 13.2 Å². The first-order valence-corrected chi connectivity index (χ1v) is 9.24. The molecule has 0 saturated carbocycles. The van der Waals surface area contributed by atoms with E-state index in [1.165, 1.54) is 4.90 Å². The first kappa shape index (κ1) is 17.7. The third kappa shape index (κ3) is 3.23. The van der Waals surface area contributed by atoms with Crippen molar-refractivity contribution in [3.8, 4) is 0 Å². The molecule has 0 bridgehead atoms. The van der Waals surface area contributed by atoms with Crippen LogP contribution in [0.3, 0.4) is 0 Å². The number of piperidine rings is 1. The van der Waals surface area contributed by atoms with E-state index in [4.69, 9.17) is 4.74 Å². The molecular weight excluding hydrogens is 348 g/mol. The van der Waals surface area contributed by atoms with Crippen molar-refractivity contribution in [3.05, 3.63) is 24.0 Å². The molecule has 9 nitrogen and oxygen atoms in total. The number of hydrogen-bond donors (Lipinski definition) is 0. The van der Waals surface area contributed by atoms with Gasteiger partial charge in [0.05, 0.1) is 19.3 Å². The fraction of sp³-hybridized carbons (Fsp3) is 0.556. The number of methoxy groups -OCH3 is 1. The minimum Gasteiger partial charge on any atom is -0.383 e. The van der Waals surface area contributed by atoms with E-state index in [-0.39, 0.29) is 24.5 Å². The summed E-state index contributed by atoms with van der Waals surface area (Å²) < 4.78 is 6.85. The van der Waals surface area contributed by atoms with Gasteiger partial charge < -0.3 is 14.5 Å². The van der Waals surface area contributed by atoms with Crippen molar-refractivity contribution < 1.29 is 14.3 Å². The minimum atomic E-state index is -0.190. The molecule has 2 saturated heterocycles. The highest BCUT2D eigenvalue weighted by molar-refractivity contribution is 6.02. The Hall–Kier alpha value is -2.68. The lowest BCUT2D eigenvalue weighted by Crippen LogP contribution is -2.47. The number of anilines is 1. The van der Waals surface area contributed by atoms with Crippen LogP contribution in [0.15, 0.2) is 18.3 Å². The van der Waals surface area contributed by atoms with Gasteiger partial charge in [0.1, 0.15) is 12.4 Å². The maximum Gasteiger partial charge on any atom is 0.327 e. The van der Waals surface area contributed by atoms with Crippen LogP contribution in [-0.4, -0.2) is 82.3 Å². The summed E-state index contributed by atoms with van der Waals surface area (Å²) in [4.78, 5) is 34.5. The van der Waals surface area contributed by atoms with E-state index >= 15 is 0 Å². The molecule has 2 aromatic heterocycles. The lowest BCUT2D eigenvalue weighted by atomic mass is 10.0. The van der Waals surface area contributed by atoms with Crippen molar-refractivity contribution in [2.45, 2.75) is 25.8 Å². The van der Waals surface area contributed by atoms with Crippen molar-refractivity contribution in [3.63, 3.8) is 0 Å². The van der Waals surface area contributed by atoms with Crippen LogP contribution in [0, 0.1) is 6.92 Å². The number of ether oxygens (including phenoxy) is 1. The molecule has 2 aromatic rings. The minimum absolute atomic E-state index is 0.0845. The van der Waals surface area contributed by atoms with Gasteiger partial charge in [0.15, 0.2) is 5.65 Å². The average Bonchev–Trinajstić information content (AvgIpc) is 3.24. The number of aryl methyl sites for hydroxylation is 1. The summed E-state index contributed by atoms with van der Waals surface area (Å²) in [6, 6.07) is 3.83. The number of amides is 3. The second-order valence-corrected chi connectivity index (χ2v) is 7.02. The summed E-state index contributed by atoms with van der Waals surface area (Å²) in [7, 11) is 1.57. The number of nitrogens with zero attached hydrogens (tertiary/aromatic N) is 6. The normalized spacial score (nSPS) is 19.0. The molecule has 3 amide bonds. The molecule has 0 aromatic carbocycles. The summed E-state index contributed by atoms with van der Waals surface area (Å²) in [5.74, 6) is 0.883. The molecule has 2 aliphatic rings. The Balaban J connectivity index is 1.44. The Morgan fingerprint density at radius 2 is 2.04 bits per heavy atom. The molecule has 4 heterocycles. The SMILES string of the molecule is COCCN1C(=O)CN(C2CCN(c3cc(C)nc4ccnn34)CC2)C1=O. The van der Waals surface area contributed by atoms with Crippen LogP contribution in [0.5, 0.6) is 0 Å². The van der Waals surface area contributed by atoms with Crippen LogP contribution in [0.1, 0.15) is 18.5 Å². The van der Waals surface area contributed by atoms with E-state index in [0.717, 1.165) is 43.1 Å². The van der Waals surface area contributed by atoms with Gasteiger partial charge in [-0.3, -0.25) is 9.69 Å². The largest absolute Gasteiger partial charge is 0.383 e. The zero-order chi connectivity index (χ0) is 19.0. The van der Waals surface area contributed by atoms with Gasteiger partial charge in [0.25, 0.3) is 0 Å². The van der Waals surface area contributed by atoms with Gasteiger partial charge in [-0.25, -0.2) is 9.78 Å². The molecule has 0 radical (unpaired) electrons. The summed E-state index contributed by atoms with van der Waals surface area (Å²) >= 11 is 0. The number of imide groups is 1. The molecule has 144 valence electrons. The highest BCUT2D eigenvalue weighted by Gasteiger charge is 2.40. The molecule has 4 rings (SSSR count). The summed E-state index contributed by atoms with van der Waals surface area (Å²) in [5.41, 5.74) is 1.79. The number of rotatable bonds is 5. The van der Waals surface area contributed by atoms with Gasteiger partial charge in [-0.15, -0.1) is 0 Å². The monoisotopic (exact) mass is 372 g/mol. The zero-order valence-corrected chi connectivity index (χ0v) is 15.7. The number of hydrogen-bond acceptors (Lipinski definition) is 6. The maximum absolute atomic E-state index is 12.6. The maximum atomic E-state index is 12.6. The van der Waals surface area contributed by atoms with Crippen LogP contribution in [0.25, 0.3) is 5.65 Å². The first-order chi connectivity index (χ1) is 13.1. The molecule has 9 heteroatoms. The molecule has 0 unspecified atom stereocenters. The summed E-state index contributed by atoms with van der Waals surface area (Å²) in [5, 5.41) is 4.38. The van der Waals surface area contributed by atoms with Crippen LogP contribution < -0.4 is 4.90 Å². The first-order valence-electron chi connectivity index (χ1n) is 9.24. The van der Waals surface area contributed by atoms with Crippen molar-refractivity contribution in [1.82, 2.24) is 24.4 Å². The third-order valence-corrected chi connectivity index (χ3v) is 5.30. The van der Waals surface area contributed by atoms with E-state index in [9.17, 15) is 9.59 Å². The number of fused-ring (bicyclic) bond motifs is 1. The predicted molar refractivity (Wildman–Crippen MR) is 98.7 cm³/mol. The molecule has 0 aliphatic carbocycles. The van der Waals surface area contributed by atoms with Gasteiger partial charge >= 0.3 is 6.03 Å². The molecule has 2 fully saturated rings. The summed E-state index contributed by atoms with van der Waals surface area (Å²) in [6.45, 7) is 4.44. The fourth-order valence-electron chi connectivity index (χ4n) is 3.90. The van der Waals surface area contributed by atoms with Crippen LogP contribution in [0.2, 0.25) is 0 Å². The molecule has 0 spiro atoms. The van der Waals surface area contributed by atoms with Crippen molar-refractivity contribution in [2.24, 2.45) is 0 Å². The van der Waals surface area contributed by atoms with Crippen LogP contribution in [-0.2, 0) is 9.53 Å². The van der Waals surface area contributed by atoms with E-state index in [2.05, 4.69) is 15.0 Å². The smallest absolute Gasteiger partial charge is 0.327 e. The molecule has 27 heavy (non-hydrogen) atoms. The van der Waals surface area contributed by atoms with Crippen LogP contribution in [0.4, 0.5) is 10.6 Å². The Bertz CT molecular complexity index is 858. The van der Waals surface area contributed by atoms with Crippen molar-refractivity contribution >= 4 is 23.4 Å². The Labute approximate surface area is 157 Å². The van der Waals surface area contributed by atoms with E-state index in [1.807, 2.05) is 23.6 Å². The van der Waals surface area contributed by atoms with Gasteiger partial charge in [0.2, 0.25) is 5.91 Å². The zero-order valence-electron chi connectivity index (χ0n) is 15.7. The number of carbonyl (C=O) groups excluding carboxylic acids is 2. The lowest BCUT2D eigenvalue weighted by molar-refractivity contribution is -0.125. The average molecular weight is 372 g/mol. The number of aromatic nitrogens is 3. The molecule has 0 atom stereocenters. The third-order valence-electron chi connectivity index (χ3n) is 5.30. The Morgan fingerprint density at radius 3 is 2.78 bits per heavy atom. The number of carbonyl (C=O) groups is 2. The van der Waals surface area contributed by atoms with E-state index in [1.54, 1.807) is 18.2 Å². The second-order valence-electron chi connectivity index (χ2n) is 7.02. The van der Waals surface area contributed by atoms with Gasteiger partial charge in [-0.05, 0) is 19.8 Å². The quantitative estimate of drug-likeness (QED) is 0.726. The van der Waals surface area contributed by atoms with Crippen molar-refractivity contribution in [1.29, 1.82) is 0 Å². The van der Waals surface area contributed by atoms with Crippen LogP contribution >= 0.6 is 0 Å². The van der Waals surface area contributed by atoms with Gasteiger partial charge in [0, 0.05) is 44.1 Å². The summed E-state index contributed by atoms with van der Waals surface area (Å²) in [6.07, 6.45) is 3.39. The second kappa shape index (κ2) is 7.15. The highest BCUT2D eigenvalue weighted by atomic mass is 16.5. The highest BCUT2D eigenvalue weighted by Crippen LogP contribution is 2.26. The standard InChI is InChI=1S/C18H24N6O3/c1-13-11-16(24-15(20-13)3-6-19-24)21-7-4-14(5-8-21)23-12-17(25)22(18(23)26)9-10-27-2/h3,6,11,14H,4-5,7-10,12H2,1-2H3. The van der Waals surface area contributed by atoms with E-state index < -0.39 is 0 Å².